The number of esters is 1. The van der Waals surface area contributed by atoms with Gasteiger partial charge in [-0.15, -0.1) is 0 Å². The second kappa shape index (κ2) is 58.4. The van der Waals surface area contributed by atoms with Gasteiger partial charge in [-0.05, 0) is 102 Å². The lowest BCUT2D eigenvalue weighted by Gasteiger charge is -2.27. The van der Waals surface area contributed by atoms with Gasteiger partial charge in [0.05, 0.1) is 33.8 Å². The van der Waals surface area contributed by atoms with Crippen LogP contribution in [0.4, 0.5) is 0 Å². The zero-order chi connectivity index (χ0) is 57.9. The van der Waals surface area contributed by atoms with Gasteiger partial charge in [-0.1, -0.05) is 260 Å². The van der Waals surface area contributed by atoms with Crippen molar-refractivity contribution in [3.8, 4) is 0 Å². The molecular weight excluding hydrogens is 1000 g/mol. The highest BCUT2D eigenvalue weighted by molar-refractivity contribution is 7.47. The van der Waals surface area contributed by atoms with Gasteiger partial charge in [-0.3, -0.25) is 18.6 Å². The number of amides is 1. The molecule has 0 bridgehead atoms. The summed E-state index contributed by atoms with van der Waals surface area (Å²) in [5.41, 5.74) is 0. The number of phosphoric acid groups is 1. The highest BCUT2D eigenvalue weighted by atomic mass is 31.2. The van der Waals surface area contributed by atoms with E-state index in [4.69, 9.17) is 13.8 Å². The van der Waals surface area contributed by atoms with Crippen LogP contribution in [-0.2, 0) is 27.9 Å². The lowest BCUT2D eigenvalue weighted by Crippen LogP contribution is -2.47. The molecule has 0 aromatic carbocycles. The van der Waals surface area contributed by atoms with Crippen molar-refractivity contribution in [1.29, 1.82) is 0 Å². The molecule has 0 aromatic heterocycles. The smallest absolute Gasteiger partial charge is 0.456 e. The highest BCUT2D eigenvalue weighted by Gasteiger charge is 2.30. The van der Waals surface area contributed by atoms with E-state index in [2.05, 4.69) is 99.0 Å². The highest BCUT2D eigenvalue weighted by Crippen LogP contribution is 2.43. The van der Waals surface area contributed by atoms with Crippen molar-refractivity contribution >= 4 is 19.7 Å². The van der Waals surface area contributed by atoms with E-state index in [0.717, 1.165) is 103 Å². The Labute approximate surface area is 488 Å². The number of carbonyl (C=O) groups is 2. The molecule has 0 aliphatic rings. The largest absolute Gasteiger partial charge is 0.472 e. The molecule has 0 rings (SSSR count). The van der Waals surface area contributed by atoms with Crippen molar-refractivity contribution in [2.24, 2.45) is 0 Å². The number of unbranched alkanes of at least 4 members (excludes halogenated alkanes) is 31. The van der Waals surface area contributed by atoms with Gasteiger partial charge in [0.25, 0.3) is 0 Å². The Hall–Kier alpha value is -2.81. The maximum atomic E-state index is 13.5. The number of quaternary nitrogens is 1. The molecule has 9 nitrogen and oxygen atoms in total. The van der Waals surface area contributed by atoms with Crippen LogP contribution >= 0.6 is 7.82 Å². The summed E-state index contributed by atoms with van der Waals surface area (Å²) in [4.78, 5) is 37.7. The Balaban J connectivity index is 5.05. The zero-order valence-electron chi connectivity index (χ0n) is 52.3. The van der Waals surface area contributed by atoms with Gasteiger partial charge in [0, 0.05) is 12.8 Å². The molecule has 0 heterocycles. The summed E-state index contributed by atoms with van der Waals surface area (Å²) in [5, 5.41) is 3.05. The molecule has 0 saturated carbocycles. The maximum Gasteiger partial charge on any atom is 0.472 e. The van der Waals surface area contributed by atoms with Crippen LogP contribution in [0, 0.1) is 0 Å². The van der Waals surface area contributed by atoms with Crippen molar-refractivity contribution < 1.29 is 37.3 Å². The van der Waals surface area contributed by atoms with Crippen LogP contribution in [0.25, 0.3) is 0 Å². The summed E-state index contributed by atoms with van der Waals surface area (Å²) in [7, 11) is 1.49. The second-order valence-electron chi connectivity index (χ2n) is 23.3. The van der Waals surface area contributed by atoms with Gasteiger partial charge in [0.15, 0.2) is 0 Å². The lowest BCUT2D eigenvalue weighted by atomic mass is 10.0. The molecule has 0 aliphatic carbocycles. The van der Waals surface area contributed by atoms with E-state index in [9.17, 15) is 19.0 Å². The number of phosphoric ester groups is 1. The van der Waals surface area contributed by atoms with Crippen molar-refractivity contribution in [3.05, 3.63) is 85.1 Å². The van der Waals surface area contributed by atoms with E-state index in [1.165, 1.54) is 154 Å². The van der Waals surface area contributed by atoms with E-state index in [0.29, 0.717) is 17.4 Å². The number of carbonyl (C=O) groups excluding carboxylic acids is 2. The number of hydrogen-bond donors (Lipinski definition) is 2. The zero-order valence-corrected chi connectivity index (χ0v) is 53.2. The number of hydrogen-bond acceptors (Lipinski definition) is 6. The van der Waals surface area contributed by atoms with E-state index in [-0.39, 0.29) is 31.5 Å². The topological polar surface area (TPSA) is 111 Å². The number of rotatable bonds is 59. The average Bonchev–Trinajstić information content (AvgIpc) is 3.41. The number of likely N-dealkylation sites (N-methyl/N-ethyl adjacent to an activating group) is 1. The molecule has 0 spiro atoms. The van der Waals surface area contributed by atoms with E-state index < -0.39 is 20.0 Å². The Bertz CT molecular complexity index is 1630. The molecule has 0 aromatic rings. The minimum absolute atomic E-state index is 0.0368. The van der Waals surface area contributed by atoms with E-state index >= 15 is 0 Å². The van der Waals surface area contributed by atoms with Gasteiger partial charge in [0.2, 0.25) is 5.91 Å². The predicted octanol–water partition coefficient (Wildman–Crippen LogP) is 20.6. The SMILES string of the molecule is CC/C=C\C/C=C\C/C=C\C/C=C\C/C=C\CCCCCCCCCCCCCC(=O)OC(/C=C\CCCCCCCCCCC)C(COP(=O)(O)OCC[N+](C)(C)C)NC(=O)CCCCCCCCC/C=C\CCCCCC. The molecule has 0 aliphatic heterocycles. The Morgan fingerprint density at radius 2 is 0.810 bits per heavy atom. The molecule has 458 valence electrons. The molecule has 3 unspecified atom stereocenters. The standard InChI is InChI=1S/C69H125N2O7P/c1-7-10-13-16-19-22-25-27-29-30-31-32-33-34-35-36-37-38-39-40-42-44-47-50-53-56-59-62-69(73)78-67(60-57-54-51-48-45-24-21-18-15-12-9-3)66(65-77-79(74,75)76-64-63-71(4,5)6)70-68(72)61-58-55-52-49-46-43-41-28-26-23-20-17-14-11-8-2/h10,13,19,22-23,26-27,29,31-32,34-35,57,60,66-67H,7-9,11-12,14-18,20-21,24-25,28,30,33,36-56,58-59,61-65H2,1-6H3,(H-,70,72,74,75)/p+1/b13-10-,22-19-,26-23-,29-27-,32-31-,35-34-,60-57-. The van der Waals surface area contributed by atoms with Gasteiger partial charge < -0.3 is 19.4 Å². The molecule has 1 amide bonds. The van der Waals surface area contributed by atoms with Crippen LogP contribution in [0.15, 0.2) is 85.1 Å². The van der Waals surface area contributed by atoms with Crippen LogP contribution in [0.2, 0.25) is 0 Å². The molecule has 10 heteroatoms. The summed E-state index contributed by atoms with van der Waals surface area (Å²) in [5.74, 6) is -0.512. The van der Waals surface area contributed by atoms with Gasteiger partial charge in [-0.2, -0.15) is 0 Å². The number of ether oxygens (including phenoxy) is 1. The molecule has 0 fully saturated rings. The van der Waals surface area contributed by atoms with Gasteiger partial charge >= 0.3 is 13.8 Å². The van der Waals surface area contributed by atoms with Crippen molar-refractivity contribution in [2.45, 2.75) is 303 Å². The number of nitrogens with zero attached hydrogens (tertiary/aromatic N) is 1. The summed E-state index contributed by atoms with van der Waals surface area (Å²) in [6.07, 6.45) is 77.3. The summed E-state index contributed by atoms with van der Waals surface area (Å²) >= 11 is 0. The molecule has 0 radical (unpaired) electrons. The first kappa shape index (κ1) is 76.2. The molecule has 79 heavy (non-hydrogen) atoms. The first-order chi connectivity index (χ1) is 38.4. The minimum atomic E-state index is -4.45. The fraction of sp³-hybridized carbons (Fsp3) is 0.768. The van der Waals surface area contributed by atoms with Crippen molar-refractivity contribution in [2.75, 3.05) is 40.9 Å². The number of allylic oxidation sites excluding steroid dienone is 13. The first-order valence-electron chi connectivity index (χ1n) is 32.9. The number of nitrogens with one attached hydrogen (secondary N) is 1. The van der Waals surface area contributed by atoms with Crippen LogP contribution < -0.4 is 5.32 Å². The maximum absolute atomic E-state index is 13.5. The average molecular weight is 1130 g/mol. The Morgan fingerprint density at radius 3 is 1.24 bits per heavy atom. The van der Waals surface area contributed by atoms with Crippen LogP contribution in [0.1, 0.15) is 290 Å². The fourth-order valence-electron chi connectivity index (χ4n) is 9.26. The third-order valence-electron chi connectivity index (χ3n) is 14.3. The molecular formula is C69H126N2O7P+. The van der Waals surface area contributed by atoms with Crippen LogP contribution in [0.5, 0.6) is 0 Å². The monoisotopic (exact) mass is 1130 g/mol. The summed E-state index contributed by atoms with van der Waals surface area (Å²) < 4.78 is 30.7. The van der Waals surface area contributed by atoms with E-state index in [1.54, 1.807) is 0 Å². The quantitative estimate of drug-likeness (QED) is 0.0205. The van der Waals surface area contributed by atoms with Crippen LogP contribution in [0.3, 0.4) is 0 Å². The Morgan fingerprint density at radius 1 is 0.456 bits per heavy atom. The van der Waals surface area contributed by atoms with Crippen molar-refractivity contribution in [3.63, 3.8) is 0 Å². The normalized spacial score (nSPS) is 14.2. The van der Waals surface area contributed by atoms with Crippen LogP contribution in [-0.4, -0.2) is 74.3 Å². The predicted molar refractivity (Wildman–Crippen MR) is 341 cm³/mol. The lowest BCUT2D eigenvalue weighted by molar-refractivity contribution is -0.870. The molecule has 0 saturated heterocycles. The molecule has 2 N–H and O–H groups in total. The summed E-state index contributed by atoms with van der Waals surface area (Å²) in [6, 6.07) is -0.854. The second-order valence-corrected chi connectivity index (χ2v) is 24.7. The van der Waals surface area contributed by atoms with Gasteiger partial charge in [0.1, 0.15) is 19.3 Å². The summed E-state index contributed by atoms with van der Waals surface area (Å²) in [6.45, 7) is 6.89. The Kier molecular flexibility index (Phi) is 56.3. The first-order valence-corrected chi connectivity index (χ1v) is 34.4. The fourth-order valence-corrected chi connectivity index (χ4v) is 9.99. The minimum Gasteiger partial charge on any atom is -0.456 e. The van der Waals surface area contributed by atoms with Gasteiger partial charge in [-0.25, -0.2) is 4.57 Å². The third-order valence-corrected chi connectivity index (χ3v) is 15.3. The third kappa shape index (κ3) is 59.6. The molecule has 3 atom stereocenters. The van der Waals surface area contributed by atoms with Crippen molar-refractivity contribution in [1.82, 2.24) is 5.32 Å². The van der Waals surface area contributed by atoms with E-state index in [1.807, 2.05) is 33.3 Å².